The lowest BCUT2D eigenvalue weighted by Crippen LogP contribution is -2.26. The van der Waals surface area contributed by atoms with Crippen LogP contribution in [0.4, 0.5) is 0 Å². The molecule has 1 amide bonds. The predicted molar refractivity (Wildman–Crippen MR) is 97.3 cm³/mol. The molecule has 0 atom stereocenters. The summed E-state index contributed by atoms with van der Waals surface area (Å²) < 4.78 is 11.0. The van der Waals surface area contributed by atoms with Crippen LogP contribution in [0.2, 0.25) is 0 Å². The fourth-order valence-corrected chi connectivity index (χ4v) is 2.99. The second-order valence-corrected chi connectivity index (χ2v) is 6.44. The van der Waals surface area contributed by atoms with Crippen LogP contribution in [0.3, 0.4) is 0 Å². The zero-order valence-corrected chi connectivity index (χ0v) is 15.2. The van der Waals surface area contributed by atoms with E-state index < -0.39 is 0 Å². The Labute approximate surface area is 147 Å². The highest BCUT2D eigenvalue weighted by molar-refractivity contribution is 7.99. The van der Waals surface area contributed by atoms with Crippen molar-refractivity contribution < 1.29 is 13.9 Å². The molecule has 0 aliphatic carbocycles. The van der Waals surface area contributed by atoms with Gasteiger partial charge in [-0.3, -0.25) is 4.79 Å². The Morgan fingerprint density at radius 2 is 2.25 bits per heavy atom. The van der Waals surface area contributed by atoms with E-state index in [0.717, 1.165) is 42.2 Å². The fourth-order valence-electron chi connectivity index (χ4n) is 2.14. The van der Waals surface area contributed by atoms with Crippen LogP contribution in [0.1, 0.15) is 31.2 Å². The number of nitrogens with zero attached hydrogens (tertiary/aromatic N) is 1. The summed E-state index contributed by atoms with van der Waals surface area (Å²) in [6.07, 6.45) is 2.10. The third-order valence-electron chi connectivity index (χ3n) is 3.53. The van der Waals surface area contributed by atoms with Gasteiger partial charge in [-0.25, -0.2) is 4.98 Å². The average Bonchev–Trinajstić information content (AvgIpc) is 2.96. The Kier molecular flexibility index (Phi) is 7.18. The van der Waals surface area contributed by atoms with Gasteiger partial charge in [-0.15, -0.1) is 11.8 Å². The van der Waals surface area contributed by atoms with E-state index in [-0.39, 0.29) is 5.91 Å². The number of ether oxygens (including phenoxy) is 1. The first-order valence-corrected chi connectivity index (χ1v) is 9.24. The van der Waals surface area contributed by atoms with Crippen LogP contribution in [0, 0.1) is 6.92 Å². The summed E-state index contributed by atoms with van der Waals surface area (Å²) in [7, 11) is 1.63. The molecule has 1 aromatic heterocycles. The summed E-state index contributed by atoms with van der Waals surface area (Å²) >= 11 is 1.54. The lowest BCUT2D eigenvalue weighted by atomic mass is 10.2. The fraction of sp³-hybridized carbons (Fsp3) is 0.444. The Bertz CT molecular complexity index is 670. The van der Waals surface area contributed by atoms with Crippen molar-refractivity contribution in [2.75, 3.05) is 19.4 Å². The molecule has 1 aromatic carbocycles. The summed E-state index contributed by atoms with van der Waals surface area (Å²) in [4.78, 5) is 16.3. The first kappa shape index (κ1) is 18.4. The van der Waals surface area contributed by atoms with Crippen LogP contribution in [0.5, 0.6) is 5.75 Å². The second kappa shape index (κ2) is 9.37. The van der Waals surface area contributed by atoms with Gasteiger partial charge in [0.15, 0.2) is 0 Å². The van der Waals surface area contributed by atoms with Crippen LogP contribution in [-0.4, -0.2) is 30.3 Å². The standard InChI is InChI=1S/C18H24N2O3S/c1-4-5-9-19-17(21)12-24-11-16-13(2)23-18(20-16)14-7-6-8-15(10-14)22-3/h6-8,10H,4-5,9,11-12H2,1-3H3,(H,19,21). The SMILES string of the molecule is CCCCNC(=O)CSCc1nc(-c2cccc(OC)c2)oc1C. The quantitative estimate of drug-likeness (QED) is 0.698. The Hall–Kier alpha value is -1.95. The number of thioether (sulfide) groups is 1. The van der Waals surface area contributed by atoms with Gasteiger partial charge >= 0.3 is 0 Å². The lowest BCUT2D eigenvalue weighted by molar-refractivity contribution is -0.118. The molecular formula is C18H24N2O3S. The van der Waals surface area contributed by atoms with Gasteiger partial charge in [0.1, 0.15) is 11.5 Å². The van der Waals surface area contributed by atoms with Crippen molar-refractivity contribution in [3.05, 3.63) is 35.7 Å². The van der Waals surface area contributed by atoms with Gasteiger partial charge < -0.3 is 14.5 Å². The molecule has 2 rings (SSSR count). The second-order valence-electron chi connectivity index (χ2n) is 5.45. The van der Waals surface area contributed by atoms with Crippen molar-refractivity contribution >= 4 is 17.7 Å². The van der Waals surface area contributed by atoms with Crippen molar-refractivity contribution in [3.63, 3.8) is 0 Å². The van der Waals surface area contributed by atoms with Gasteiger partial charge in [0, 0.05) is 17.9 Å². The largest absolute Gasteiger partial charge is 0.497 e. The van der Waals surface area contributed by atoms with Gasteiger partial charge in [0.25, 0.3) is 0 Å². The first-order valence-electron chi connectivity index (χ1n) is 8.09. The number of aryl methyl sites for hydroxylation is 1. The number of methoxy groups -OCH3 is 1. The molecule has 0 fully saturated rings. The van der Waals surface area contributed by atoms with Crippen molar-refractivity contribution in [3.8, 4) is 17.2 Å². The monoisotopic (exact) mass is 348 g/mol. The number of benzene rings is 1. The molecule has 24 heavy (non-hydrogen) atoms. The molecule has 0 aliphatic heterocycles. The van der Waals surface area contributed by atoms with Crippen molar-refractivity contribution in [2.45, 2.75) is 32.4 Å². The molecule has 0 aliphatic rings. The Morgan fingerprint density at radius 1 is 1.42 bits per heavy atom. The number of hydrogen-bond donors (Lipinski definition) is 1. The zero-order chi connectivity index (χ0) is 17.4. The Balaban J connectivity index is 1.90. The highest BCUT2D eigenvalue weighted by Gasteiger charge is 2.12. The van der Waals surface area contributed by atoms with Crippen LogP contribution in [-0.2, 0) is 10.5 Å². The van der Waals surface area contributed by atoms with E-state index in [1.165, 1.54) is 0 Å². The lowest BCUT2D eigenvalue weighted by Gasteiger charge is -2.03. The Morgan fingerprint density at radius 3 is 3.00 bits per heavy atom. The average molecular weight is 348 g/mol. The van der Waals surface area contributed by atoms with Crippen LogP contribution >= 0.6 is 11.8 Å². The summed E-state index contributed by atoms with van der Waals surface area (Å²) in [5.41, 5.74) is 1.75. The molecule has 0 spiro atoms. The number of aromatic nitrogens is 1. The third-order valence-corrected chi connectivity index (χ3v) is 4.48. The van der Waals surface area contributed by atoms with Gasteiger partial charge in [-0.05, 0) is 31.5 Å². The van der Waals surface area contributed by atoms with E-state index in [2.05, 4.69) is 17.2 Å². The van der Waals surface area contributed by atoms with E-state index in [0.29, 0.717) is 17.4 Å². The summed E-state index contributed by atoms with van der Waals surface area (Å²) in [5.74, 6) is 3.29. The van der Waals surface area contributed by atoms with E-state index in [1.807, 2.05) is 31.2 Å². The van der Waals surface area contributed by atoms with Crippen LogP contribution < -0.4 is 10.1 Å². The van der Waals surface area contributed by atoms with E-state index in [1.54, 1.807) is 18.9 Å². The number of rotatable bonds is 9. The number of carbonyl (C=O) groups excluding carboxylic acids is 1. The molecular weight excluding hydrogens is 324 g/mol. The molecule has 130 valence electrons. The number of amides is 1. The third kappa shape index (κ3) is 5.30. The molecule has 1 heterocycles. The minimum absolute atomic E-state index is 0.0719. The van der Waals surface area contributed by atoms with Gasteiger partial charge in [-0.1, -0.05) is 19.4 Å². The maximum absolute atomic E-state index is 11.7. The molecule has 1 N–H and O–H groups in total. The topological polar surface area (TPSA) is 64.4 Å². The van der Waals surface area contributed by atoms with E-state index >= 15 is 0 Å². The van der Waals surface area contributed by atoms with Crippen molar-refractivity contribution in [1.29, 1.82) is 0 Å². The minimum Gasteiger partial charge on any atom is -0.497 e. The van der Waals surface area contributed by atoms with Gasteiger partial charge in [0.2, 0.25) is 11.8 Å². The molecule has 6 heteroatoms. The zero-order valence-electron chi connectivity index (χ0n) is 14.4. The molecule has 2 aromatic rings. The van der Waals surface area contributed by atoms with Crippen LogP contribution in [0.25, 0.3) is 11.5 Å². The van der Waals surface area contributed by atoms with Gasteiger partial charge in [-0.2, -0.15) is 0 Å². The molecule has 0 saturated heterocycles. The van der Waals surface area contributed by atoms with E-state index in [9.17, 15) is 4.79 Å². The van der Waals surface area contributed by atoms with Crippen LogP contribution in [0.15, 0.2) is 28.7 Å². The maximum Gasteiger partial charge on any atom is 0.230 e. The highest BCUT2D eigenvalue weighted by atomic mass is 32.2. The minimum atomic E-state index is 0.0719. The molecule has 5 nitrogen and oxygen atoms in total. The van der Waals surface area contributed by atoms with Crippen molar-refractivity contribution in [2.24, 2.45) is 0 Å². The highest BCUT2D eigenvalue weighted by Crippen LogP contribution is 2.26. The predicted octanol–water partition coefficient (Wildman–Crippen LogP) is 3.81. The summed E-state index contributed by atoms with van der Waals surface area (Å²) in [5, 5.41) is 2.91. The summed E-state index contributed by atoms with van der Waals surface area (Å²) in [6.45, 7) is 4.75. The smallest absolute Gasteiger partial charge is 0.230 e. The van der Waals surface area contributed by atoms with Gasteiger partial charge in [0.05, 0.1) is 18.6 Å². The maximum atomic E-state index is 11.7. The normalized spacial score (nSPS) is 10.6. The molecule has 0 radical (unpaired) electrons. The number of oxazole rings is 1. The number of carbonyl (C=O) groups is 1. The number of nitrogens with one attached hydrogen (secondary N) is 1. The summed E-state index contributed by atoms with van der Waals surface area (Å²) in [6, 6.07) is 7.62. The molecule has 0 unspecified atom stereocenters. The number of hydrogen-bond acceptors (Lipinski definition) is 5. The first-order chi connectivity index (χ1) is 11.6. The van der Waals surface area contributed by atoms with E-state index in [4.69, 9.17) is 9.15 Å². The molecule has 0 saturated carbocycles. The number of unbranched alkanes of at least 4 members (excludes halogenated alkanes) is 1. The van der Waals surface area contributed by atoms with Crippen molar-refractivity contribution in [1.82, 2.24) is 10.3 Å². The molecule has 0 bridgehead atoms.